The maximum Gasteiger partial charge on any atom is 0.328 e. The second-order valence-electron chi connectivity index (χ2n) is 5.41. The number of pyridine rings is 1. The predicted molar refractivity (Wildman–Crippen MR) is 102 cm³/mol. The molecule has 0 spiro atoms. The van der Waals surface area contributed by atoms with E-state index in [0.29, 0.717) is 23.2 Å². The first-order valence-corrected chi connectivity index (χ1v) is 8.14. The number of aromatic nitrogens is 3. The van der Waals surface area contributed by atoms with Crippen molar-refractivity contribution in [1.82, 2.24) is 15.0 Å². The number of para-hydroxylation sites is 1. The molecular weight excluding hydrogens is 346 g/mol. The molecule has 1 N–H and O–H groups in total. The van der Waals surface area contributed by atoms with Crippen molar-refractivity contribution in [2.24, 2.45) is 5.10 Å². The summed E-state index contributed by atoms with van der Waals surface area (Å²) >= 11 is 0. The van der Waals surface area contributed by atoms with E-state index in [2.05, 4.69) is 25.5 Å². The predicted octanol–water partition coefficient (Wildman–Crippen LogP) is 3.44. The lowest BCUT2D eigenvalue weighted by molar-refractivity contribution is 0.347. The third-order valence-electron chi connectivity index (χ3n) is 3.59. The summed E-state index contributed by atoms with van der Waals surface area (Å²) in [5.74, 6) is 1.11. The van der Waals surface area contributed by atoms with Crippen LogP contribution in [-0.4, -0.2) is 35.4 Å². The number of hydrogen-bond acceptors (Lipinski definition) is 8. The smallest absolute Gasteiger partial charge is 0.328 e. The minimum absolute atomic E-state index is 0.0840. The molecule has 3 aromatic rings. The highest BCUT2D eigenvalue weighted by molar-refractivity contribution is 5.81. The van der Waals surface area contributed by atoms with E-state index in [4.69, 9.17) is 14.2 Å². The van der Waals surface area contributed by atoms with Gasteiger partial charge < -0.3 is 14.2 Å². The van der Waals surface area contributed by atoms with Crippen LogP contribution in [0, 0.1) is 6.92 Å². The Hall–Kier alpha value is -3.68. The normalized spacial score (nSPS) is 10.6. The maximum atomic E-state index is 5.76. The first-order chi connectivity index (χ1) is 13.2. The molecule has 0 saturated carbocycles. The van der Waals surface area contributed by atoms with E-state index in [-0.39, 0.29) is 6.01 Å². The molecule has 0 aliphatic carbocycles. The van der Waals surface area contributed by atoms with Crippen LogP contribution in [0.5, 0.6) is 23.5 Å². The molecule has 0 fully saturated rings. The molecule has 27 heavy (non-hydrogen) atoms. The average Bonchev–Trinajstić information content (AvgIpc) is 2.70. The highest BCUT2D eigenvalue weighted by atomic mass is 16.5. The zero-order valence-electron chi connectivity index (χ0n) is 15.2. The Morgan fingerprint density at radius 3 is 2.44 bits per heavy atom. The van der Waals surface area contributed by atoms with E-state index in [1.807, 2.05) is 31.2 Å². The lowest BCUT2D eigenvalue weighted by Crippen LogP contribution is -2.01. The molecule has 0 radical (unpaired) electrons. The molecule has 3 rings (SSSR count). The number of nitrogens with one attached hydrogen (secondary N) is 1. The largest absolute Gasteiger partial charge is 0.481 e. The van der Waals surface area contributed by atoms with Gasteiger partial charge in [-0.1, -0.05) is 18.2 Å². The van der Waals surface area contributed by atoms with Crippen molar-refractivity contribution in [3.8, 4) is 23.5 Å². The van der Waals surface area contributed by atoms with Crippen LogP contribution in [0.25, 0.3) is 0 Å². The Morgan fingerprint density at radius 2 is 1.74 bits per heavy atom. The van der Waals surface area contributed by atoms with Crippen molar-refractivity contribution in [2.45, 2.75) is 6.92 Å². The highest BCUT2D eigenvalue weighted by Gasteiger charge is 2.10. The lowest BCUT2D eigenvalue weighted by Gasteiger charge is -2.09. The van der Waals surface area contributed by atoms with Crippen molar-refractivity contribution in [1.29, 1.82) is 0 Å². The quantitative estimate of drug-likeness (QED) is 0.506. The first kappa shape index (κ1) is 18.1. The van der Waals surface area contributed by atoms with E-state index < -0.39 is 0 Å². The van der Waals surface area contributed by atoms with Gasteiger partial charge in [0.15, 0.2) is 5.75 Å². The number of methoxy groups -OCH3 is 2. The van der Waals surface area contributed by atoms with Gasteiger partial charge >= 0.3 is 6.01 Å². The van der Waals surface area contributed by atoms with E-state index in [0.717, 1.165) is 11.3 Å². The Balaban J connectivity index is 1.80. The summed E-state index contributed by atoms with van der Waals surface area (Å²) < 4.78 is 16.0. The van der Waals surface area contributed by atoms with Crippen LogP contribution in [0.15, 0.2) is 53.8 Å². The molecule has 8 heteroatoms. The van der Waals surface area contributed by atoms with Gasteiger partial charge in [-0.3, -0.25) is 10.4 Å². The average molecular weight is 365 g/mol. The number of rotatable bonds is 7. The summed E-state index contributed by atoms with van der Waals surface area (Å²) in [5, 5.41) is 4.23. The summed E-state index contributed by atoms with van der Waals surface area (Å²) in [6, 6.07) is 13.0. The van der Waals surface area contributed by atoms with Crippen LogP contribution < -0.4 is 19.6 Å². The Morgan fingerprint density at radius 1 is 1.00 bits per heavy atom. The molecule has 2 heterocycles. The van der Waals surface area contributed by atoms with E-state index >= 15 is 0 Å². The minimum Gasteiger partial charge on any atom is -0.481 e. The number of hydrogen-bond donors (Lipinski definition) is 1. The zero-order valence-corrected chi connectivity index (χ0v) is 15.2. The van der Waals surface area contributed by atoms with Gasteiger partial charge in [0.1, 0.15) is 5.69 Å². The SMILES string of the molecule is COc1cc(OC)nc(Oc2cccnc2C=NNc2ccccc2C)n1. The van der Waals surface area contributed by atoms with Crippen LogP contribution in [0.4, 0.5) is 5.69 Å². The van der Waals surface area contributed by atoms with Gasteiger partial charge in [0, 0.05) is 6.20 Å². The van der Waals surface area contributed by atoms with Crippen LogP contribution in [0.3, 0.4) is 0 Å². The van der Waals surface area contributed by atoms with Crippen LogP contribution in [-0.2, 0) is 0 Å². The fourth-order valence-electron chi connectivity index (χ4n) is 2.18. The minimum atomic E-state index is 0.0840. The van der Waals surface area contributed by atoms with Crippen LogP contribution in [0.2, 0.25) is 0 Å². The monoisotopic (exact) mass is 365 g/mol. The van der Waals surface area contributed by atoms with E-state index in [1.165, 1.54) is 14.2 Å². The second-order valence-corrected chi connectivity index (χ2v) is 5.41. The zero-order chi connectivity index (χ0) is 19.1. The third-order valence-corrected chi connectivity index (χ3v) is 3.59. The first-order valence-electron chi connectivity index (χ1n) is 8.14. The molecule has 2 aromatic heterocycles. The summed E-state index contributed by atoms with van der Waals surface area (Å²) in [6.45, 7) is 2.00. The molecule has 0 aliphatic heterocycles. The summed E-state index contributed by atoms with van der Waals surface area (Å²) in [5.41, 5.74) is 5.51. The fourth-order valence-corrected chi connectivity index (χ4v) is 2.18. The second kappa shape index (κ2) is 8.61. The Bertz CT molecular complexity index is 924. The van der Waals surface area contributed by atoms with Gasteiger partial charge in [-0.15, -0.1) is 0 Å². The lowest BCUT2D eigenvalue weighted by atomic mass is 10.2. The van der Waals surface area contributed by atoms with Crippen molar-refractivity contribution >= 4 is 11.9 Å². The van der Waals surface area contributed by atoms with Crippen LogP contribution >= 0.6 is 0 Å². The molecule has 0 amide bonds. The highest BCUT2D eigenvalue weighted by Crippen LogP contribution is 2.24. The number of aryl methyl sites for hydroxylation is 1. The Labute approximate surface area is 156 Å². The van der Waals surface area contributed by atoms with Crippen LogP contribution in [0.1, 0.15) is 11.3 Å². The third kappa shape index (κ3) is 4.69. The topological polar surface area (TPSA) is 90.8 Å². The standard InChI is InChI=1S/C19H19N5O3/c1-13-7-4-5-8-14(13)24-21-12-15-16(9-6-10-20-15)27-19-22-17(25-2)11-18(23-19)26-3/h4-12,24H,1-3H3. The van der Waals surface area contributed by atoms with Gasteiger partial charge in [-0.25, -0.2) is 0 Å². The summed E-state index contributed by atoms with van der Waals surface area (Å²) in [6.07, 6.45) is 3.22. The molecular formula is C19H19N5O3. The number of ether oxygens (including phenoxy) is 3. The van der Waals surface area contributed by atoms with Gasteiger partial charge in [0.25, 0.3) is 0 Å². The maximum absolute atomic E-state index is 5.76. The molecule has 0 aliphatic rings. The number of hydrazone groups is 1. The van der Waals surface area contributed by atoms with E-state index in [9.17, 15) is 0 Å². The number of nitrogens with zero attached hydrogens (tertiary/aromatic N) is 4. The summed E-state index contributed by atoms with van der Waals surface area (Å²) in [4.78, 5) is 12.6. The number of anilines is 1. The molecule has 0 atom stereocenters. The molecule has 8 nitrogen and oxygen atoms in total. The number of benzene rings is 1. The molecule has 0 saturated heterocycles. The van der Waals surface area contributed by atoms with Crippen molar-refractivity contribution < 1.29 is 14.2 Å². The van der Waals surface area contributed by atoms with Gasteiger partial charge in [0.05, 0.1) is 32.2 Å². The fraction of sp³-hybridized carbons (Fsp3) is 0.158. The molecule has 0 unspecified atom stereocenters. The van der Waals surface area contributed by atoms with Gasteiger partial charge in [0.2, 0.25) is 11.8 Å². The molecule has 1 aromatic carbocycles. The van der Waals surface area contributed by atoms with Gasteiger partial charge in [-0.2, -0.15) is 15.1 Å². The molecule has 138 valence electrons. The van der Waals surface area contributed by atoms with Gasteiger partial charge in [-0.05, 0) is 30.7 Å². The summed E-state index contributed by atoms with van der Waals surface area (Å²) in [7, 11) is 3.01. The molecule has 0 bridgehead atoms. The van der Waals surface area contributed by atoms with E-state index in [1.54, 1.807) is 30.6 Å². The van der Waals surface area contributed by atoms with Crippen molar-refractivity contribution in [2.75, 3.05) is 19.6 Å². The van der Waals surface area contributed by atoms with Crippen molar-refractivity contribution in [3.05, 3.63) is 59.9 Å². The van der Waals surface area contributed by atoms with Crippen molar-refractivity contribution in [3.63, 3.8) is 0 Å². The Kier molecular flexibility index (Phi) is 5.78.